The lowest BCUT2D eigenvalue weighted by atomic mass is 10.1. The maximum atomic E-state index is 12.0. The highest BCUT2D eigenvalue weighted by molar-refractivity contribution is 8.00. The minimum atomic E-state index is -0.233. The van der Waals surface area contributed by atoms with Crippen LogP contribution in [-0.2, 0) is 4.79 Å². The Balaban J connectivity index is 1.75. The lowest BCUT2D eigenvalue weighted by molar-refractivity contribution is -0.113. The van der Waals surface area contributed by atoms with Gasteiger partial charge in [0.15, 0.2) is 5.82 Å². The molecule has 0 aliphatic heterocycles. The van der Waals surface area contributed by atoms with Gasteiger partial charge < -0.3 is 9.84 Å². The minimum Gasteiger partial charge on any atom is -0.360 e. The van der Waals surface area contributed by atoms with Crippen LogP contribution in [0.2, 0.25) is 0 Å². The maximum Gasteiger partial charge on any atom is 0.236 e. The molecule has 0 fully saturated rings. The van der Waals surface area contributed by atoms with Crippen LogP contribution in [0.5, 0.6) is 0 Å². The second kappa shape index (κ2) is 6.72. The van der Waals surface area contributed by atoms with Crippen LogP contribution in [0.15, 0.2) is 39.9 Å². The average Bonchev–Trinajstić information content (AvgIpc) is 2.96. The highest BCUT2D eigenvalue weighted by atomic mass is 32.2. The molecule has 0 radical (unpaired) electrons. The van der Waals surface area contributed by atoms with E-state index in [1.165, 1.54) is 11.8 Å². The molecule has 2 aromatic heterocycles. The number of amides is 1. The molecule has 0 unspecified atom stereocenters. The molecule has 1 N–H and O–H groups in total. The van der Waals surface area contributed by atoms with E-state index in [2.05, 4.69) is 21.5 Å². The average molecular weight is 338 g/mol. The molecule has 7 heteroatoms. The van der Waals surface area contributed by atoms with Crippen LogP contribution in [0.1, 0.15) is 16.9 Å². The van der Waals surface area contributed by atoms with Crippen molar-refractivity contribution in [1.29, 1.82) is 5.26 Å². The number of aromatic nitrogens is 2. The zero-order valence-electron chi connectivity index (χ0n) is 13.2. The largest absolute Gasteiger partial charge is 0.360 e. The van der Waals surface area contributed by atoms with Crippen molar-refractivity contribution in [3.63, 3.8) is 0 Å². The van der Waals surface area contributed by atoms with E-state index in [0.29, 0.717) is 22.2 Å². The van der Waals surface area contributed by atoms with Gasteiger partial charge >= 0.3 is 0 Å². The summed E-state index contributed by atoms with van der Waals surface area (Å²) >= 11 is 1.22. The van der Waals surface area contributed by atoms with Crippen LogP contribution in [-0.4, -0.2) is 21.8 Å². The van der Waals surface area contributed by atoms with E-state index >= 15 is 0 Å². The highest BCUT2D eigenvalue weighted by Gasteiger charge is 2.12. The molecular formula is C17H14N4O2S. The summed E-state index contributed by atoms with van der Waals surface area (Å²) in [6.45, 7) is 3.74. The van der Waals surface area contributed by atoms with Crippen LogP contribution >= 0.6 is 11.8 Å². The predicted molar refractivity (Wildman–Crippen MR) is 91.8 cm³/mol. The van der Waals surface area contributed by atoms with E-state index in [1.807, 2.05) is 25.1 Å². The first-order valence-electron chi connectivity index (χ1n) is 7.22. The number of benzene rings is 1. The molecule has 120 valence electrons. The van der Waals surface area contributed by atoms with Crippen molar-refractivity contribution in [3.8, 4) is 6.07 Å². The van der Waals surface area contributed by atoms with Gasteiger partial charge in [0.1, 0.15) is 16.9 Å². The van der Waals surface area contributed by atoms with Gasteiger partial charge in [0.2, 0.25) is 5.91 Å². The summed E-state index contributed by atoms with van der Waals surface area (Å²) in [7, 11) is 0. The van der Waals surface area contributed by atoms with Gasteiger partial charge in [0, 0.05) is 11.5 Å². The molecule has 2 heterocycles. The topological polar surface area (TPSA) is 91.8 Å². The molecule has 1 aromatic carbocycles. The molecule has 0 spiro atoms. The first-order chi connectivity index (χ1) is 11.5. The number of pyridine rings is 1. The number of thioether (sulfide) groups is 1. The number of fused-ring (bicyclic) bond motifs is 1. The summed E-state index contributed by atoms with van der Waals surface area (Å²) in [5.74, 6) is 0.894. The Bertz CT molecular complexity index is 959. The molecule has 0 saturated heterocycles. The normalized spacial score (nSPS) is 10.5. The number of carbonyl (C=O) groups excluding carboxylic acids is 1. The van der Waals surface area contributed by atoms with Gasteiger partial charge in [0.05, 0.1) is 16.8 Å². The summed E-state index contributed by atoms with van der Waals surface area (Å²) in [4.78, 5) is 16.5. The summed E-state index contributed by atoms with van der Waals surface area (Å²) < 4.78 is 4.90. The predicted octanol–water partition coefficient (Wildman–Crippen LogP) is 3.44. The fourth-order valence-corrected chi connectivity index (χ4v) is 2.97. The molecule has 0 atom stereocenters. The number of anilines is 1. The smallest absolute Gasteiger partial charge is 0.236 e. The van der Waals surface area contributed by atoms with Gasteiger partial charge in [-0.3, -0.25) is 4.79 Å². The van der Waals surface area contributed by atoms with Gasteiger partial charge in [-0.2, -0.15) is 5.26 Å². The Kier molecular flexibility index (Phi) is 4.49. The molecular weight excluding hydrogens is 324 g/mol. The molecule has 0 aliphatic rings. The van der Waals surface area contributed by atoms with Crippen LogP contribution in [0, 0.1) is 25.2 Å². The lowest BCUT2D eigenvalue weighted by Crippen LogP contribution is -2.14. The first-order valence-corrected chi connectivity index (χ1v) is 8.21. The fraction of sp³-hybridized carbons (Fsp3) is 0.176. The van der Waals surface area contributed by atoms with Gasteiger partial charge in [-0.15, -0.1) is 0 Å². The Morgan fingerprint density at radius 2 is 2.17 bits per heavy atom. The number of hydrogen-bond donors (Lipinski definition) is 1. The molecule has 3 rings (SSSR count). The SMILES string of the molecule is Cc1ccc2nc(SCC(=O)Nc3cc(C)on3)c(C#N)cc2c1. The Morgan fingerprint density at radius 1 is 1.33 bits per heavy atom. The standard InChI is InChI=1S/C17H14N4O2S/c1-10-3-4-14-12(5-10)7-13(8-18)17(19-14)24-9-16(22)20-15-6-11(2)23-21-15/h3-7H,9H2,1-2H3,(H,20,21,22). The third kappa shape index (κ3) is 3.55. The van der Waals surface area contributed by atoms with Crippen molar-refractivity contribution in [2.75, 3.05) is 11.1 Å². The number of aryl methyl sites for hydroxylation is 2. The van der Waals surface area contributed by atoms with Gasteiger partial charge in [0.25, 0.3) is 0 Å². The van der Waals surface area contributed by atoms with Gasteiger partial charge in [-0.05, 0) is 32.0 Å². The van der Waals surface area contributed by atoms with E-state index in [0.717, 1.165) is 16.5 Å². The summed E-state index contributed by atoms with van der Waals surface area (Å²) in [6.07, 6.45) is 0. The number of nitriles is 1. The second-order valence-electron chi connectivity index (χ2n) is 5.31. The van der Waals surface area contributed by atoms with E-state index in [1.54, 1.807) is 19.1 Å². The van der Waals surface area contributed by atoms with Crippen LogP contribution in [0.25, 0.3) is 10.9 Å². The van der Waals surface area contributed by atoms with Crippen molar-refractivity contribution in [2.24, 2.45) is 0 Å². The molecule has 0 aliphatic carbocycles. The molecule has 24 heavy (non-hydrogen) atoms. The Morgan fingerprint density at radius 3 is 2.88 bits per heavy atom. The van der Waals surface area contributed by atoms with E-state index in [-0.39, 0.29) is 11.7 Å². The number of carbonyl (C=O) groups is 1. The highest BCUT2D eigenvalue weighted by Crippen LogP contribution is 2.25. The Hall–Kier alpha value is -2.85. The molecule has 3 aromatic rings. The van der Waals surface area contributed by atoms with Crippen LogP contribution in [0.4, 0.5) is 5.82 Å². The first kappa shape index (κ1) is 16.0. The van der Waals surface area contributed by atoms with Crippen molar-refractivity contribution in [2.45, 2.75) is 18.9 Å². The van der Waals surface area contributed by atoms with E-state index in [9.17, 15) is 10.1 Å². The quantitative estimate of drug-likeness (QED) is 0.733. The summed E-state index contributed by atoms with van der Waals surface area (Å²) in [6, 6.07) is 11.4. The zero-order valence-corrected chi connectivity index (χ0v) is 14.0. The number of hydrogen-bond acceptors (Lipinski definition) is 6. The Labute approximate surface area is 142 Å². The lowest BCUT2D eigenvalue weighted by Gasteiger charge is -2.06. The second-order valence-corrected chi connectivity index (χ2v) is 6.27. The van der Waals surface area contributed by atoms with Gasteiger partial charge in [-0.1, -0.05) is 28.5 Å². The van der Waals surface area contributed by atoms with Crippen molar-refractivity contribution in [3.05, 3.63) is 47.2 Å². The number of rotatable bonds is 4. The fourth-order valence-electron chi connectivity index (χ4n) is 2.21. The van der Waals surface area contributed by atoms with Crippen LogP contribution < -0.4 is 5.32 Å². The zero-order chi connectivity index (χ0) is 17.1. The molecule has 1 amide bonds. The van der Waals surface area contributed by atoms with Crippen molar-refractivity contribution < 1.29 is 9.32 Å². The summed E-state index contributed by atoms with van der Waals surface area (Å²) in [5, 5.41) is 17.1. The molecule has 0 bridgehead atoms. The van der Waals surface area contributed by atoms with E-state index < -0.39 is 0 Å². The van der Waals surface area contributed by atoms with E-state index in [4.69, 9.17) is 4.52 Å². The summed E-state index contributed by atoms with van der Waals surface area (Å²) in [5.41, 5.74) is 2.37. The number of nitrogens with one attached hydrogen (secondary N) is 1. The molecule has 6 nitrogen and oxygen atoms in total. The third-order valence-corrected chi connectivity index (χ3v) is 4.28. The number of nitrogens with zero attached hydrogens (tertiary/aromatic N) is 3. The van der Waals surface area contributed by atoms with Crippen molar-refractivity contribution in [1.82, 2.24) is 10.1 Å². The molecule has 0 saturated carbocycles. The monoisotopic (exact) mass is 338 g/mol. The minimum absolute atomic E-state index is 0.130. The van der Waals surface area contributed by atoms with Gasteiger partial charge in [-0.25, -0.2) is 4.98 Å². The maximum absolute atomic E-state index is 12.0. The third-order valence-electron chi connectivity index (χ3n) is 3.29. The van der Waals surface area contributed by atoms with Crippen LogP contribution in [0.3, 0.4) is 0 Å². The van der Waals surface area contributed by atoms with Crippen molar-refractivity contribution >= 4 is 34.4 Å².